The summed E-state index contributed by atoms with van der Waals surface area (Å²) in [6.45, 7) is 4.26. The van der Waals surface area contributed by atoms with Crippen LogP contribution in [0.3, 0.4) is 0 Å². The Hall–Kier alpha value is -0.330. The lowest BCUT2D eigenvalue weighted by molar-refractivity contribution is -0.130. The lowest BCUT2D eigenvalue weighted by Crippen LogP contribution is -2.47. The molecule has 0 heterocycles. The summed E-state index contributed by atoms with van der Waals surface area (Å²) in [5.74, 6) is 3.78. The number of ketones is 1. The topological polar surface area (TPSA) is 17.1 Å². The van der Waals surface area contributed by atoms with Crippen molar-refractivity contribution in [1.82, 2.24) is 0 Å². The van der Waals surface area contributed by atoms with E-state index in [4.69, 9.17) is 0 Å². The Bertz CT molecular complexity index is 282. The van der Waals surface area contributed by atoms with Gasteiger partial charge in [0.15, 0.2) is 0 Å². The van der Waals surface area contributed by atoms with E-state index in [1.807, 2.05) is 0 Å². The summed E-state index contributed by atoms with van der Waals surface area (Å²) in [7, 11) is 0. The molecule has 4 aliphatic carbocycles. The highest BCUT2D eigenvalue weighted by atomic mass is 16.1. The van der Waals surface area contributed by atoms with Crippen molar-refractivity contribution in [3.63, 3.8) is 0 Å². The van der Waals surface area contributed by atoms with E-state index in [0.717, 1.165) is 30.6 Å². The van der Waals surface area contributed by atoms with Crippen LogP contribution in [0.4, 0.5) is 0 Å². The highest BCUT2D eigenvalue weighted by molar-refractivity contribution is 5.81. The van der Waals surface area contributed by atoms with Gasteiger partial charge in [0.1, 0.15) is 5.78 Å². The molecule has 4 bridgehead atoms. The standard InChI is InChI=1S/C16H26O/c1-3-11(2)15(17)10-16-7-12-4-13(8-16)6-14(5-12)9-16/h11-14H,3-10H2,1-2H3. The van der Waals surface area contributed by atoms with Crippen LogP contribution in [0.1, 0.15) is 65.2 Å². The van der Waals surface area contributed by atoms with Gasteiger partial charge in [-0.05, 0) is 68.1 Å². The Morgan fingerprint density at radius 3 is 2.00 bits per heavy atom. The van der Waals surface area contributed by atoms with Crippen LogP contribution in [0.15, 0.2) is 0 Å². The van der Waals surface area contributed by atoms with Crippen molar-refractivity contribution in [2.45, 2.75) is 65.2 Å². The third kappa shape index (κ3) is 2.06. The van der Waals surface area contributed by atoms with E-state index in [2.05, 4.69) is 13.8 Å². The fourth-order valence-electron chi connectivity index (χ4n) is 5.28. The second-order valence-electron chi connectivity index (χ2n) is 7.37. The Kier molecular flexibility index (Phi) is 2.83. The van der Waals surface area contributed by atoms with Crippen molar-refractivity contribution < 1.29 is 4.79 Å². The van der Waals surface area contributed by atoms with Crippen LogP contribution in [0, 0.1) is 29.1 Å². The van der Waals surface area contributed by atoms with Gasteiger partial charge in [-0.2, -0.15) is 0 Å². The van der Waals surface area contributed by atoms with Crippen molar-refractivity contribution >= 4 is 5.78 Å². The lowest BCUT2D eigenvalue weighted by Gasteiger charge is -2.57. The van der Waals surface area contributed by atoms with E-state index in [1.165, 1.54) is 38.5 Å². The summed E-state index contributed by atoms with van der Waals surface area (Å²) in [5, 5.41) is 0. The minimum absolute atomic E-state index is 0.294. The molecular formula is C16H26O. The fourth-order valence-corrected chi connectivity index (χ4v) is 5.28. The molecule has 4 aliphatic rings. The molecule has 0 N–H and O–H groups in total. The second kappa shape index (κ2) is 4.10. The Labute approximate surface area is 105 Å². The molecule has 0 amide bonds. The third-order valence-corrected chi connectivity index (χ3v) is 5.88. The largest absolute Gasteiger partial charge is 0.299 e. The highest BCUT2D eigenvalue weighted by Crippen LogP contribution is 2.61. The minimum Gasteiger partial charge on any atom is -0.299 e. The van der Waals surface area contributed by atoms with Crippen LogP contribution in [0.25, 0.3) is 0 Å². The average Bonchev–Trinajstić information content (AvgIpc) is 2.25. The van der Waals surface area contributed by atoms with Crippen LogP contribution in [0.5, 0.6) is 0 Å². The molecule has 4 rings (SSSR count). The van der Waals surface area contributed by atoms with Gasteiger partial charge >= 0.3 is 0 Å². The van der Waals surface area contributed by atoms with Gasteiger partial charge in [-0.15, -0.1) is 0 Å². The number of Topliss-reactive ketones (excluding diaryl/α,β-unsaturated/α-hetero) is 1. The quantitative estimate of drug-likeness (QED) is 0.712. The fraction of sp³-hybridized carbons (Fsp3) is 0.938. The van der Waals surface area contributed by atoms with E-state index in [9.17, 15) is 4.79 Å². The number of hydrogen-bond acceptors (Lipinski definition) is 1. The number of carbonyl (C=O) groups excluding carboxylic acids is 1. The molecule has 0 aromatic rings. The summed E-state index contributed by atoms with van der Waals surface area (Å²) >= 11 is 0. The maximum absolute atomic E-state index is 12.3. The monoisotopic (exact) mass is 234 g/mol. The summed E-state index contributed by atoms with van der Waals surface area (Å²) in [6, 6.07) is 0. The Balaban J connectivity index is 1.72. The number of rotatable bonds is 4. The normalized spacial score (nSPS) is 44.9. The smallest absolute Gasteiger partial charge is 0.136 e. The molecule has 4 fully saturated rings. The molecule has 1 nitrogen and oxygen atoms in total. The molecule has 0 radical (unpaired) electrons. The van der Waals surface area contributed by atoms with Crippen LogP contribution < -0.4 is 0 Å². The van der Waals surface area contributed by atoms with Crippen molar-refractivity contribution in [2.24, 2.45) is 29.1 Å². The molecule has 1 unspecified atom stereocenters. The second-order valence-corrected chi connectivity index (χ2v) is 7.37. The van der Waals surface area contributed by atoms with Gasteiger partial charge in [0.05, 0.1) is 0 Å². The Morgan fingerprint density at radius 1 is 1.12 bits per heavy atom. The molecule has 0 aromatic heterocycles. The molecule has 0 aromatic carbocycles. The highest BCUT2D eigenvalue weighted by Gasteiger charge is 2.51. The van der Waals surface area contributed by atoms with E-state index >= 15 is 0 Å². The third-order valence-electron chi connectivity index (χ3n) is 5.88. The zero-order chi connectivity index (χ0) is 12.0. The van der Waals surface area contributed by atoms with E-state index in [-0.39, 0.29) is 0 Å². The SMILES string of the molecule is CCC(C)C(=O)CC12CC3CC(CC(C3)C1)C2. The maximum atomic E-state index is 12.3. The number of hydrogen-bond donors (Lipinski definition) is 0. The van der Waals surface area contributed by atoms with Crippen LogP contribution >= 0.6 is 0 Å². The van der Waals surface area contributed by atoms with E-state index < -0.39 is 0 Å². The predicted octanol–water partition coefficient (Wildman–Crippen LogP) is 4.21. The minimum atomic E-state index is 0.294. The van der Waals surface area contributed by atoms with Crippen LogP contribution in [-0.2, 0) is 4.79 Å². The first-order chi connectivity index (χ1) is 8.10. The zero-order valence-electron chi connectivity index (χ0n) is 11.4. The molecular weight excluding hydrogens is 208 g/mol. The van der Waals surface area contributed by atoms with Crippen molar-refractivity contribution in [3.05, 3.63) is 0 Å². The molecule has 17 heavy (non-hydrogen) atoms. The van der Waals surface area contributed by atoms with Gasteiger partial charge in [-0.3, -0.25) is 4.79 Å². The van der Waals surface area contributed by atoms with E-state index in [0.29, 0.717) is 17.1 Å². The average molecular weight is 234 g/mol. The lowest BCUT2D eigenvalue weighted by atomic mass is 9.48. The summed E-state index contributed by atoms with van der Waals surface area (Å²) in [5.41, 5.74) is 0.454. The van der Waals surface area contributed by atoms with Gasteiger partial charge in [0.2, 0.25) is 0 Å². The molecule has 0 spiro atoms. The van der Waals surface area contributed by atoms with Gasteiger partial charge in [-0.25, -0.2) is 0 Å². The molecule has 1 heteroatoms. The van der Waals surface area contributed by atoms with Gasteiger partial charge in [0.25, 0.3) is 0 Å². The van der Waals surface area contributed by atoms with Crippen LogP contribution in [0.2, 0.25) is 0 Å². The molecule has 1 atom stereocenters. The summed E-state index contributed by atoms with van der Waals surface area (Å²) < 4.78 is 0. The van der Waals surface area contributed by atoms with Gasteiger partial charge in [0, 0.05) is 12.3 Å². The Morgan fingerprint density at radius 2 is 1.59 bits per heavy atom. The summed E-state index contributed by atoms with van der Waals surface area (Å²) in [6.07, 6.45) is 10.5. The van der Waals surface area contributed by atoms with Crippen molar-refractivity contribution in [3.8, 4) is 0 Å². The number of carbonyl (C=O) groups is 1. The molecule has 4 saturated carbocycles. The zero-order valence-corrected chi connectivity index (χ0v) is 11.4. The van der Waals surface area contributed by atoms with Gasteiger partial charge in [-0.1, -0.05) is 13.8 Å². The first-order valence-electron chi connectivity index (χ1n) is 7.63. The van der Waals surface area contributed by atoms with Crippen molar-refractivity contribution in [2.75, 3.05) is 0 Å². The first kappa shape index (κ1) is 11.7. The first-order valence-corrected chi connectivity index (χ1v) is 7.63. The van der Waals surface area contributed by atoms with E-state index in [1.54, 1.807) is 0 Å². The molecule has 96 valence electrons. The van der Waals surface area contributed by atoms with Crippen molar-refractivity contribution in [1.29, 1.82) is 0 Å². The predicted molar refractivity (Wildman–Crippen MR) is 69.7 cm³/mol. The maximum Gasteiger partial charge on any atom is 0.136 e. The molecule has 0 aliphatic heterocycles. The van der Waals surface area contributed by atoms with Crippen LogP contribution in [-0.4, -0.2) is 5.78 Å². The summed E-state index contributed by atoms with van der Waals surface area (Å²) in [4.78, 5) is 12.3. The van der Waals surface area contributed by atoms with Gasteiger partial charge < -0.3 is 0 Å². The molecule has 0 saturated heterocycles.